The Morgan fingerprint density at radius 3 is 2.19 bits per heavy atom. The van der Waals surface area contributed by atoms with Crippen molar-refractivity contribution in [3.05, 3.63) is 112 Å². The molecule has 0 saturated carbocycles. The third kappa shape index (κ3) is 4.49. The van der Waals surface area contributed by atoms with Crippen molar-refractivity contribution in [2.75, 3.05) is 13.2 Å². The molecule has 42 heavy (non-hydrogen) atoms. The lowest BCUT2D eigenvalue weighted by Crippen LogP contribution is -2.31. The van der Waals surface area contributed by atoms with Gasteiger partial charge >= 0.3 is 5.97 Å². The summed E-state index contributed by atoms with van der Waals surface area (Å²) in [5, 5.41) is 0.525. The lowest BCUT2D eigenvalue weighted by atomic mass is 9.85. The van der Waals surface area contributed by atoms with Gasteiger partial charge in [0.25, 0.3) is 11.8 Å². The molecule has 0 saturated heterocycles. The minimum Gasteiger partial charge on any atom is -0.462 e. The van der Waals surface area contributed by atoms with Gasteiger partial charge in [0.1, 0.15) is 5.92 Å². The number of benzene rings is 3. The summed E-state index contributed by atoms with van der Waals surface area (Å²) in [6, 6.07) is 20.4. The maximum Gasteiger partial charge on any atom is 0.338 e. The van der Waals surface area contributed by atoms with Crippen molar-refractivity contribution in [2.24, 2.45) is 0 Å². The van der Waals surface area contributed by atoms with Crippen LogP contribution in [0.5, 0.6) is 0 Å². The second-order valence-corrected chi connectivity index (χ2v) is 11.6. The monoisotopic (exact) mass is 560 g/mol. The zero-order chi connectivity index (χ0) is 29.8. The van der Waals surface area contributed by atoms with Crippen LogP contribution in [-0.4, -0.2) is 52.4 Å². The van der Waals surface area contributed by atoms with E-state index in [0.29, 0.717) is 38.9 Å². The summed E-state index contributed by atoms with van der Waals surface area (Å²) in [6.45, 7) is 6.29. The van der Waals surface area contributed by atoms with Crippen LogP contribution in [0, 0.1) is 0 Å². The zero-order valence-electron chi connectivity index (χ0n) is 23.5. The van der Waals surface area contributed by atoms with E-state index in [2.05, 4.69) is 25.8 Å². The van der Waals surface area contributed by atoms with Gasteiger partial charge in [-0.3, -0.25) is 29.1 Å². The largest absolute Gasteiger partial charge is 0.462 e. The third-order valence-corrected chi connectivity index (χ3v) is 7.85. The number of nitrogens with zero attached hydrogens (tertiary/aromatic N) is 2. The number of ketones is 2. The summed E-state index contributed by atoms with van der Waals surface area (Å²) in [5.74, 6) is -2.87. The number of esters is 1. The number of imide groups is 1. The first-order valence-electron chi connectivity index (χ1n) is 13.8. The van der Waals surface area contributed by atoms with E-state index < -0.39 is 11.9 Å². The van der Waals surface area contributed by atoms with Crippen LogP contribution in [0.25, 0.3) is 10.9 Å². The molecule has 1 atom stereocenters. The van der Waals surface area contributed by atoms with Gasteiger partial charge in [0.05, 0.1) is 34.5 Å². The summed E-state index contributed by atoms with van der Waals surface area (Å²) in [4.78, 5) is 70.4. The molecule has 0 spiro atoms. The number of hydrogen-bond acceptors (Lipinski definition) is 7. The summed E-state index contributed by atoms with van der Waals surface area (Å²) in [7, 11) is 0. The van der Waals surface area contributed by atoms with E-state index in [9.17, 15) is 24.0 Å². The van der Waals surface area contributed by atoms with Crippen molar-refractivity contribution < 1.29 is 28.7 Å². The summed E-state index contributed by atoms with van der Waals surface area (Å²) < 4.78 is 5.46. The number of pyridine rings is 1. The van der Waals surface area contributed by atoms with Crippen LogP contribution in [0.2, 0.25) is 0 Å². The quantitative estimate of drug-likeness (QED) is 0.132. The Kier molecular flexibility index (Phi) is 6.56. The third-order valence-electron chi connectivity index (χ3n) is 7.85. The van der Waals surface area contributed by atoms with Crippen molar-refractivity contribution in [3.63, 3.8) is 0 Å². The smallest absolute Gasteiger partial charge is 0.338 e. The van der Waals surface area contributed by atoms with E-state index in [0.717, 1.165) is 10.5 Å². The predicted octanol–water partition coefficient (Wildman–Crippen LogP) is 5.54. The van der Waals surface area contributed by atoms with Crippen molar-refractivity contribution in [3.8, 4) is 0 Å². The number of amides is 2. The van der Waals surface area contributed by atoms with Crippen LogP contribution in [0.3, 0.4) is 0 Å². The number of fused-ring (bicyclic) bond motifs is 3. The lowest BCUT2D eigenvalue weighted by Gasteiger charge is -2.19. The highest BCUT2D eigenvalue weighted by Gasteiger charge is 2.41. The average Bonchev–Trinajstić information content (AvgIpc) is 3.38. The van der Waals surface area contributed by atoms with E-state index in [1.807, 2.05) is 6.07 Å². The Hall–Kier alpha value is -4.98. The lowest BCUT2D eigenvalue weighted by molar-refractivity contribution is 0.0484. The Labute approximate surface area is 242 Å². The van der Waals surface area contributed by atoms with Crippen molar-refractivity contribution in [1.82, 2.24) is 9.88 Å². The van der Waals surface area contributed by atoms with Gasteiger partial charge < -0.3 is 4.74 Å². The number of carbonyl (C=O) groups is 5. The molecule has 1 unspecified atom stereocenters. The topological polar surface area (TPSA) is 111 Å². The van der Waals surface area contributed by atoms with E-state index in [1.54, 1.807) is 66.7 Å². The Balaban J connectivity index is 1.15. The van der Waals surface area contributed by atoms with Gasteiger partial charge in [-0.15, -0.1) is 0 Å². The molecule has 8 nitrogen and oxygen atoms in total. The number of ether oxygens (including phenoxy) is 1. The molecule has 2 amide bonds. The maximum absolute atomic E-state index is 13.4. The Morgan fingerprint density at radius 2 is 1.50 bits per heavy atom. The molecule has 2 heterocycles. The van der Waals surface area contributed by atoms with Crippen LogP contribution in [0.15, 0.2) is 72.8 Å². The Morgan fingerprint density at radius 1 is 0.810 bits per heavy atom. The van der Waals surface area contributed by atoms with Gasteiger partial charge in [0.15, 0.2) is 11.6 Å². The number of Topliss-reactive ketones (excluding diaryl/α,β-unsaturated/α-hetero) is 2. The predicted molar refractivity (Wildman–Crippen MR) is 155 cm³/mol. The number of hydrogen-bond donors (Lipinski definition) is 0. The molecule has 1 aromatic heterocycles. The molecule has 3 aromatic carbocycles. The first-order valence-corrected chi connectivity index (χ1v) is 13.8. The molecule has 2 aliphatic rings. The van der Waals surface area contributed by atoms with E-state index >= 15 is 0 Å². The SMILES string of the molecule is CC(C)(C)c1ccc2c(c1)C(=O)C(c1ccc3c(C(=O)OCCCN4C(=O)c5ccccc5C4=O)cccc3n1)C2=O. The summed E-state index contributed by atoms with van der Waals surface area (Å²) in [6.07, 6.45) is 0.285. The summed E-state index contributed by atoms with van der Waals surface area (Å²) >= 11 is 0. The molecule has 1 aliphatic heterocycles. The fourth-order valence-electron chi connectivity index (χ4n) is 5.55. The number of rotatable bonds is 6. The molecule has 0 radical (unpaired) electrons. The van der Waals surface area contributed by atoms with Crippen molar-refractivity contribution >= 4 is 40.3 Å². The highest BCUT2D eigenvalue weighted by molar-refractivity contribution is 6.29. The molecule has 1 aliphatic carbocycles. The van der Waals surface area contributed by atoms with Gasteiger partial charge in [0, 0.05) is 23.1 Å². The minimum atomic E-state index is -1.03. The highest BCUT2D eigenvalue weighted by atomic mass is 16.5. The molecule has 4 aromatic rings. The minimum absolute atomic E-state index is 0.00796. The van der Waals surface area contributed by atoms with Gasteiger partial charge in [-0.25, -0.2) is 4.79 Å². The van der Waals surface area contributed by atoms with Gasteiger partial charge in [-0.05, 0) is 53.8 Å². The molecule has 210 valence electrons. The second-order valence-electron chi connectivity index (χ2n) is 11.6. The molecule has 8 heteroatoms. The number of carbonyl (C=O) groups excluding carboxylic acids is 5. The van der Waals surface area contributed by atoms with Crippen LogP contribution in [-0.2, 0) is 10.2 Å². The molecule has 0 fully saturated rings. The molecular formula is C34H28N2O6. The number of aromatic nitrogens is 1. The van der Waals surface area contributed by atoms with E-state index in [1.165, 1.54) is 0 Å². The molecular weight excluding hydrogens is 532 g/mol. The fraction of sp³-hybridized carbons (Fsp3) is 0.235. The normalized spacial score (nSPS) is 16.3. The molecule has 0 N–H and O–H groups in total. The van der Waals surface area contributed by atoms with Gasteiger partial charge in [0.2, 0.25) is 0 Å². The fourth-order valence-corrected chi connectivity index (χ4v) is 5.55. The first kappa shape index (κ1) is 27.2. The van der Waals surface area contributed by atoms with E-state index in [-0.39, 0.29) is 53.9 Å². The van der Waals surface area contributed by atoms with Crippen LogP contribution >= 0.6 is 0 Å². The summed E-state index contributed by atoms with van der Waals surface area (Å²) in [5.41, 5.74) is 3.45. The van der Waals surface area contributed by atoms with Crippen LogP contribution in [0.4, 0.5) is 0 Å². The molecule has 6 rings (SSSR count). The van der Waals surface area contributed by atoms with E-state index in [4.69, 9.17) is 4.74 Å². The van der Waals surface area contributed by atoms with Crippen molar-refractivity contribution in [2.45, 2.75) is 38.5 Å². The van der Waals surface area contributed by atoms with Crippen LogP contribution < -0.4 is 0 Å². The zero-order valence-corrected chi connectivity index (χ0v) is 23.5. The standard InChI is InChI=1S/C34H28N2O6/c1-34(2,3)19-12-13-21-25(18-19)30(38)28(29(21)37)27-15-14-20-24(10-6-11-26(20)35-27)33(41)42-17-7-16-36-31(39)22-8-4-5-9-23(22)32(36)40/h4-6,8-15,18,28H,7,16-17H2,1-3H3. The first-order chi connectivity index (χ1) is 20.1. The Bertz CT molecular complexity index is 1800. The second kappa shape index (κ2) is 10.1. The van der Waals surface area contributed by atoms with Crippen LogP contribution in [0.1, 0.15) is 96.2 Å². The van der Waals surface area contributed by atoms with Crippen molar-refractivity contribution in [1.29, 1.82) is 0 Å². The van der Waals surface area contributed by atoms with Gasteiger partial charge in [-0.2, -0.15) is 0 Å². The maximum atomic E-state index is 13.4. The average molecular weight is 561 g/mol. The highest BCUT2D eigenvalue weighted by Crippen LogP contribution is 2.36. The molecule has 0 bridgehead atoms. The van der Waals surface area contributed by atoms with Gasteiger partial charge in [-0.1, -0.05) is 57.2 Å².